The molecule has 37 heavy (non-hydrogen) atoms. The van der Waals surface area contributed by atoms with E-state index in [2.05, 4.69) is 32.7 Å². The number of aryl methyl sites for hydroxylation is 1. The van der Waals surface area contributed by atoms with E-state index in [1.807, 2.05) is 60.0 Å². The Balaban J connectivity index is 1.57. The lowest BCUT2D eigenvalue weighted by Crippen LogP contribution is -2.27. The third-order valence-corrected chi connectivity index (χ3v) is 7.73. The van der Waals surface area contributed by atoms with E-state index in [0.717, 1.165) is 16.4 Å². The number of benzene rings is 2. The lowest BCUT2D eigenvalue weighted by molar-refractivity contribution is -0.115. The van der Waals surface area contributed by atoms with Gasteiger partial charge in [0.15, 0.2) is 5.16 Å². The minimum absolute atomic E-state index is 0.213. The molecule has 0 bridgehead atoms. The molecule has 0 fully saturated rings. The lowest BCUT2D eigenvalue weighted by atomic mass is 10.3. The highest BCUT2D eigenvalue weighted by Crippen LogP contribution is 2.31. The third-order valence-electron chi connectivity index (χ3n) is 5.41. The molecule has 11 heteroatoms. The summed E-state index contributed by atoms with van der Waals surface area (Å²) in [6.07, 6.45) is 1.93. The zero-order chi connectivity index (χ0) is 26.2. The maximum atomic E-state index is 13.3. The molecule has 0 spiro atoms. The number of thioether (sulfide) groups is 2. The first kappa shape index (κ1) is 26.5. The average molecular weight is 537 g/mol. The van der Waals surface area contributed by atoms with Gasteiger partial charge in [-0.2, -0.15) is 5.10 Å². The third kappa shape index (κ3) is 6.41. The summed E-state index contributed by atoms with van der Waals surface area (Å²) < 4.78 is 8.54. The van der Waals surface area contributed by atoms with E-state index in [1.165, 1.54) is 22.6 Å². The van der Waals surface area contributed by atoms with E-state index in [-0.39, 0.29) is 18.1 Å². The van der Waals surface area contributed by atoms with Crippen molar-refractivity contribution in [1.29, 1.82) is 0 Å². The Kier molecular flexibility index (Phi) is 9.02. The summed E-state index contributed by atoms with van der Waals surface area (Å²) in [6.45, 7) is 3.89. The normalized spacial score (nSPS) is 11.8. The Labute approximate surface area is 224 Å². The Morgan fingerprint density at radius 2 is 1.73 bits per heavy atom. The molecule has 0 aliphatic heterocycles. The van der Waals surface area contributed by atoms with Gasteiger partial charge in [-0.1, -0.05) is 55.1 Å². The smallest absolute Gasteiger partial charge is 0.343 e. The Bertz CT molecular complexity index is 1340. The van der Waals surface area contributed by atoms with E-state index >= 15 is 0 Å². The van der Waals surface area contributed by atoms with Gasteiger partial charge in [0.1, 0.15) is 17.2 Å². The van der Waals surface area contributed by atoms with Crippen molar-refractivity contribution in [3.05, 3.63) is 78.2 Å². The fourth-order valence-corrected chi connectivity index (χ4v) is 5.39. The molecule has 0 saturated carbocycles. The van der Waals surface area contributed by atoms with Crippen LogP contribution in [0.2, 0.25) is 0 Å². The quantitative estimate of drug-likeness (QED) is 0.211. The number of nitrogens with one attached hydrogen (secondary N) is 1. The second-order valence-electron chi connectivity index (χ2n) is 7.93. The predicted octanol–water partition coefficient (Wildman–Crippen LogP) is 4.98. The number of esters is 1. The highest BCUT2D eigenvalue weighted by atomic mass is 32.2. The molecule has 9 nitrogen and oxygen atoms in total. The molecule has 192 valence electrons. The van der Waals surface area contributed by atoms with E-state index in [0.29, 0.717) is 23.1 Å². The summed E-state index contributed by atoms with van der Waals surface area (Å²) in [4.78, 5) is 26.8. The van der Waals surface area contributed by atoms with Crippen LogP contribution in [-0.2, 0) is 22.3 Å². The molecule has 4 rings (SSSR count). The summed E-state index contributed by atoms with van der Waals surface area (Å²) in [6, 6.07) is 20.0. The van der Waals surface area contributed by atoms with Crippen LogP contribution in [0.1, 0.15) is 36.5 Å². The van der Waals surface area contributed by atoms with Gasteiger partial charge in [0, 0.05) is 17.6 Å². The molecular weight excluding hydrogens is 508 g/mol. The summed E-state index contributed by atoms with van der Waals surface area (Å²) in [5.74, 6) is 0.911. The van der Waals surface area contributed by atoms with Gasteiger partial charge >= 0.3 is 5.97 Å². The number of nitrogens with zero attached hydrogens (tertiary/aromatic N) is 5. The van der Waals surface area contributed by atoms with Gasteiger partial charge in [0.25, 0.3) is 0 Å². The molecule has 2 aromatic heterocycles. The van der Waals surface area contributed by atoms with E-state index in [1.54, 1.807) is 25.7 Å². The van der Waals surface area contributed by atoms with E-state index in [9.17, 15) is 9.59 Å². The number of aromatic nitrogens is 5. The molecule has 0 aliphatic carbocycles. The summed E-state index contributed by atoms with van der Waals surface area (Å²) in [5.41, 5.74) is 1.13. The summed E-state index contributed by atoms with van der Waals surface area (Å²) >= 11 is 3.01. The van der Waals surface area contributed by atoms with Crippen LogP contribution in [0.3, 0.4) is 0 Å². The average Bonchev–Trinajstić information content (AvgIpc) is 3.50. The van der Waals surface area contributed by atoms with Crippen LogP contribution >= 0.6 is 23.5 Å². The van der Waals surface area contributed by atoms with Crippen molar-refractivity contribution in [2.24, 2.45) is 7.05 Å². The minimum Gasteiger partial charge on any atom is -0.462 e. The van der Waals surface area contributed by atoms with Crippen molar-refractivity contribution in [2.45, 2.75) is 41.3 Å². The molecular formula is C26H28N6O3S2. The molecule has 2 aromatic carbocycles. The van der Waals surface area contributed by atoms with Gasteiger partial charge in [-0.05, 0) is 37.6 Å². The van der Waals surface area contributed by atoms with Gasteiger partial charge in [-0.15, -0.1) is 22.0 Å². The first-order valence-corrected chi connectivity index (χ1v) is 13.7. The first-order valence-electron chi connectivity index (χ1n) is 11.9. The number of rotatable bonds is 11. The van der Waals surface area contributed by atoms with Crippen LogP contribution in [0, 0.1) is 0 Å². The van der Waals surface area contributed by atoms with Crippen LogP contribution in [0.4, 0.5) is 5.82 Å². The molecule has 2 heterocycles. The van der Waals surface area contributed by atoms with Gasteiger partial charge in [-0.25, -0.2) is 4.79 Å². The minimum atomic E-state index is -0.531. The molecule has 1 N–H and O–H groups in total. The SMILES string of the molecule is CCOC(=O)c1cnn(C)c1NC(=O)C(CC)Sc1nnc(CSc2ccccc2)n1-c1ccccc1. The van der Waals surface area contributed by atoms with Crippen molar-refractivity contribution in [2.75, 3.05) is 11.9 Å². The molecule has 4 aromatic rings. The van der Waals surface area contributed by atoms with Crippen molar-refractivity contribution in [3.63, 3.8) is 0 Å². The molecule has 0 saturated heterocycles. The van der Waals surface area contributed by atoms with Crippen LogP contribution in [0.15, 0.2) is 76.9 Å². The summed E-state index contributed by atoms with van der Waals surface area (Å²) in [5, 5.41) is 16.0. The second kappa shape index (κ2) is 12.6. The predicted molar refractivity (Wildman–Crippen MR) is 145 cm³/mol. The topological polar surface area (TPSA) is 104 Å². The molecule has 1 unspecified atom stereocenters. The number of carbonyl (C=O) groups is 2. The molecule has 0 radical (unpaired) electrons. The van der Waals surface area contributed by atoms with Gasteiger partial charge in [0.2, 0.25) is 5.91 Å². The second-order valence-corrected chi connectivity index (χ2v) is 10.1. The standard InChI is InChI=1S/C26H28N6O3S2/c1-4-21(24(33)28-23-20(16-27-31(23)3)25(34)35-5-2)37-26-30-29-22(17-36-19-14-10-7-11-15-19)32(26)18-12-8-6-9-13-18/h6-16,21H,4-5,17H2,1-3H3,(H,28,33). The number of anilines is 1. The molecule has 1 amide bonds. The Morgan fingerprint density at radius 3 is 2.41 bits per heavy atom. The fourth-order valence-electron chi connectivity index (χ4n) is 3.56. The lowest BCUT2D eigenvalue weighted by Gasteiger charge is -2.16. The number of hydrogen-bond donors (Lipinski definition) is 1. The Hall–Kier alpha value is -3.57. The van der Waals surface area contributed by atoms with Crippen LogP contribution < -0.4 is 5.32 Å². The van der Waals surface area contributed by atoms with Crippen molar-refractivity contribution < 1.29 is 14.3 Å². The van der Waals surface area contributed by atoms with E-state index in [4.69, 9.17) is 4.74 Å². The Morgan fingerprint density at radius 1 is 1.03 bits per heavy atom. The number of para-hydroxylation sites is 1. The van der Waals surface area contributed by atoms with Crippen LogP contribution in [0.5, 0.6) is 0 Å². The van der Waals surface area contributed by atoms with Crippen molar-refractivity contribution in [1.82, 2.24) is 24.5 Å². The number of amides is 1. The monoisotopic (exact) mass is 536 g/mol. The first-order chi connectivity index (χ1) is 18.0. The van der Waals surface area contributed by atoms with Gasteiger partial charge < -0.3 is 10.1 Å². The molecule has 0 aliphatic rings. The van der Waals surface area contributed by atoms with Crippen molar-refractivity contribution in [3.8, 4) is 5.69 Å². The highest BCUT2D eigenvalue weighted by molar-refractivity contribution is 8.00. The highest BCUT2D eigenvalue weighted by Gasteiger charge is 2.26. The van der Waals surface area contributed by atoms with Crippen LogP contribution in [-0.4, -0.2) is 48.3 Å². The molecule has 1 atom stereocenters. The van der Waals surface area contributed by atoms with Gasteiger partial charge in [0.05, 0.1) is 23.8 Å². The zero-order valence-electron chi connectivity index (χ0n) is 20.8. The number of carbonyl (C=O) groups excluding carboxylic acids is 2. The van der Waals surface area contributed by atoms with Crippen molar-refractivity contribution >= 4 is 41.2 Å². The fraction of sp³-hybridized carbons (Fsp3) is 0.269. The van der Waals surface area contributed by atoms with Gasteiger partial charge in [-0.3, -0.25) is 14.0 Å². The largest absolute Gasteiger partial charge is 0.462 e. The maximum Gasteiger partial charge on any atom is 0.343 e. The van der Waals surface area contributed by atoms with E-state index < -0.39 is 11.2 Å². The maximum absolute atomic E-state index is 13.3. The number of hydrogen-bond acceptors (Lipinski definition) is 8. The zero-order valence-corrected chi connectivity index (χ0v) is 22.5. The number of ether oxygens (including phenoxy) is 1. The summed E-state index contributed by atoms with van der Waals surface area (Å²) in [7, 11) is 1.66. The van der Waals surface area contributed by atoms with Crippen LogP contribution in [0.25, 0.3) is 5.69 Å².